The molecule has 112 valence electrons. The van der Waals surface area contributed by atoms with Crippen molar-refractivity contribution < 1.29 is 9.90 Å². The zero-order valence-electron chi connectivity index (χ0n) is 12.5. The Morgan fingerprint density at radius 2 is 2.16 bits per heavy atom. The quantitative estimate of drug-likeness (QED) is 0.741. The van der Waals surface area contributed by atoms with Gasteiger partial charge < -0.3 is 15.7 Å². The summed E-state index contributed by atoms with van der Waals surface area (Å²) < 4.78 is 0. The molecule has 0 aromatic carbocycles. The molecule has 1 amide bonds. The smallest absolute Gasteiger partial charge is 0.225 e. The summed E-state index contributed by atoms with van der Waals surface area (Å²) in [6.07, 6.45) is 6.10. The van der Waals surface area contributed by atoms with E-state index in [2.05, 4.69) is 13.8 Å². The second-order valence-corrected chi connectivity index (χ2v) is 6.01. The number of rotatable bonds is 7. The number of aliphatic hydroxyl groups excluding tert-OH is 1. The minimum absolute atomic E-state index is 0.150. The fourth-order valence-corrected chi connectivity index (χ4v) is 3.11. The average Bonchev–Trinajstić information content (AvgIpc) is 2.39. The predicted molar refractivity (Wildman–Crippen MR) is 77.7 cm³/mol. The van der Waals surface area contributed by atoms with Crippen molar-refractivity contribution >= 4 is 5.91 Å². The van der Waals surface area contributed by atoms with Gasteiger partial charge in [0, 0.05) is 25.1 Å². The second kappa shape index (κ2) is 8.54. The summed E-state index contributed by atoms with van der Waals surface area (Å²) in [5.74, 6) is 1.08. The number of hydrogen-bond donors (Lipinski definition) is 2. The molecule has 0 radical (unpaired) electrons. The van der Waals surface area contributed by atoms with Crippen LogP contribution in [0.5, 0.6) is 0 Å². The minimum atomic E-state index is 0.150. The Kier molecular flexibility index (Phi) is 7.39. The Labute approximate surface area is 117 Å². The maximum Gasteiger partial charge on any atom is 0.225 e. The molecule has 1 aliphatic carbocycles. The van der Waals surface area contributed by atoms with Gasteiger partial charge in [-0.1, -0.05) is 12.8 Å². The number of aliphatic hydroxyl groups is 1. The number of nitrogens with zero attached hydrogens (tertiary/aromatic N) is 1. The van der Waals surface area contributed by atoms with Gasteiger partial charge in [-0.2, -0.15) is 0 Å². The van der Waals surface area contributed by atoms with E-state index in [1.165, 1.54) is 6.42 Å². The van der Waals surface area contributed by atoms with Gasteiger partial charge >= 0.3 is 0 Å². The normalized spacial score (nSPS) is 23.6. The van der Waals surface area contributed by atoms with E-state index in [1.54, 1.807) is 0 Å². The van der Waals surface area contributed by atoms with Crippen LogP contribution in [0.1, 0.15) is 52.4 Å². The first-order valence-corrected chi connectivity index (χ1v) is 7.71. The van der Waals surface area contributed by atoms with Crippen LogP contribution in [0, 0.1) is 11.8 Å². The van der Waals surface area contributed by atoms with Crippen molar-refractivity contribution in [3.63, 3.8) is 0 Å². The van der Waals surface area contributed by atoms with Crippen molar-refractivity contribution in [2.45, 2.75) is 58.4 Å². The van der Waals surface area contributed by atoms with Gasteiger partial charge in [-0.15, -0.1) is 0 Å². The van der Waals surface area contributed by atoms with E-state index in [0.29, 0.717) is 18.9 Å². The van der Waals surface area contributed by atoms with Crippen molar-refractivity contribution in [1.82, 2.24) is 4.90 Å². The minimum Gasteiger partial charge on any atom is -0.396 e. The van der Waals surface area contributed by atoms with Gasteiger partial charge in [0.2, 0.25) is 5.91 Å². The number of amides is 1. The van der Waals surface area contributed by atoms with Gasteiger partial charge in [0.05, 0.1) is 0 Å². The molecule has 0 aromatic rings. The summed E-state index contributed by atoms with van der Waals surface area (Å²) in [5.41, 5.74) is 5.63. The zero-order valence-corrected chi connectivity index (χ0v) is 12.5. The monoisotopic (exact) mass is 270 g/mol. The Bertz CT molecular complexity index is 267. The molecule has 3 N–H and O–H groups in total. The van der Waals surface area contributed by atoms with Crippen molar-refractivity contribution in [3.8, 4) is 0 Å². The van der Waals surface area contributed by atoms with E-state index in [9.17, 15) is 4.79 Å². The summed E-state index contributed by atoms with van der Waals surface area (Å²) in [7, 11) is 0. The molecule has 4 nitrogen and oxygen atoms in total. The van der Waals surface area contributed by atoms with Crippen LogP contribution < -0.4 is 5.73 Å². The molecule has 4 heteroatoms. The Hall–Kier alpha value is -0.610. The molecule has 2 unspecified atom stereocenters. The number of carbonyl (C=O) groups is 1. The van der Waals surface area contributed by atoms with Crippen molar-refractivity contribution in [2.75, 3.05) is 19.7 Å². The third kappa shape index (κ3) is 5.11. The third-order valence-corrected chi connectivity index (χ3v) is 4.17. The van der Waals surface area contributed by atoms with Crippen LogP contribution in [-0.2, 0) is 4.79 Å². The summed E-state index contributed by atoms with van der Waals surface area (Å²) in [5, 5.41) is 8.95. The predicted octanol–water partition coefficient (Wildman–Crippen LogP) is 1.76. The van der Waals surface area contributed by atoms with Crippen LogP contribution in [0.4, 0.5) is 0 Å². The largest absolute Gasteiger partial charge is 0.396 e. The molecule has 19 heavy (non-hydrogen) atoms. The molecule has 0 saturated heterocycles. The van der Waals surface area contributed by atoms with Gasteiger partial charge in [0.25, 0.3) is 0 Å². The number of hydrogen-bond acceptors (Lipinski definition) is 3. The highest BCUT2D eigenvalue weighted by molar-refractivity contribution is 5.79. The van der Waals surface area contributed by atoms with Crippen LogP contribution in [0.15, 0.2) is 0 Å². The van der Waals surface area contributed by atoms with E-state index < -0.39 is 0 Å². The SMILES string of the molecule is CC(C)N(CCCO)C(=O)C1CCCC(CCN)C1. The molecule has 0 aromatic heterocycles. The first-order chi connectivity index (χ1) is 9.10. The molecule has 0 spiro atoms. The fourth-order valence-electron chi connectivity index (χ4n) is 3.11. The first kappa shape index (κ1) is 16.4. The lowest BCUT2D eigenvalue weighted by molar-refractivity contribution is -0.139. The van der Waals surface area contributed by atoms with Gasteiger partial charge in [-0.05, 0) is 52.0 Å². The molecule has 1 aliphatic rings. The van der Waals surface area contributed by atoms with Crippen molar-refractivity contribution in [2.24, 2.45) is 17.6 Å². The maximum atomic E-state index is 12.6. The van der Waals surface area contributed by atoms with E-state index in [4.69, 9.17) is 10.8 Å². The molecular formula is C15H30N2O2. The first-order valence-electron chi connectivity index (χ1n) is 7.71. The molecule has 2 atom stereocenters. The maximum absolute atomic E-state index is 12.6. The molecule has 1 fully saturated rings. The highest BCUT2D eigenvalue weighted by atomic mass is 16.3. The Morgan fingerprint density at radius 1 is 1.42 bits per heavy atom. The van der Waals surface area contributed by atoms with E-state index >= 15 is 0 Å². The van der Waals surface area contributed by atoms with Gasteiger partial charge in [-0.25, -0.2) is 0 Å². The lowest BCUT2D eigenvalue weighted by atomic mass is 9.79. The van der Waals surface area contributed by atoms with Gasteiger partial charge in [0.1, 0.15) is 0 Å². The Balaban J connectivity index is 2.57. The fraction of sp³-hybridized carbons (Fsp3) is 0.933. The van der Waals surface area contributed by atoms with Crippen molar-refractivity contribution in [1.29, 1.82) is 0 Å². The van der Waals surface area contributed by atoms with Gasteiger partial charge in [-0.3, -0.25) is 4.79 Å². The summed E-state index contributed by atoms with van der Waals surface area (Å²) in [6.45, 7) is 5.65. The molecule has 0 heterocycles. The van der Waals surface area contributed by atoms with Gasteiger partial charge in [0.15, 0.2) is 0 Å². The van der Waals surface area contributed by atoms with E-state index in [1.807, 2.05) is 4.90 Å². The van der Waals surface area contributed by atoms with Crippen LogP contribution in [0.2, 0.25) is 0 Å². The van der Waals surface area contributed by atoms with E-state index in [0.717, 1.165) is 32.2 Å². The lowest BCUT2D eigenvalue weighted by Crippen LogP contribution is -2.43. The average molecular weight is 270 g/mol. The van der Waals surface area contributed by atoms with Crippen LogP contribution in [0.25, 0.3) is 0 Å². The third-order valence-electron chi connectivity index (χ3n) is 4.17. The topological polar surface area (TPSA) is 66.6 Å². The lowest BCUT2D eigenvalue weighted by Gasteiger charge is -2.34. The molecule has 0 aliphatic heterocycles. The second-order valence-electron chi connectivity index (χ2n) is 6.01. The highest BCUT2D eigenvalue weighted by Crippen LogP contribution is 2.32. The molecular weight excluding hydrogens is 240 g/mol. The molecule has 1 rings (SSSR count). The molecule has 1 saturated carbocycles. The summed E-state index contributed by atoms with van der Waals surface area (Å²) in [6, 6.07) is 0.217. The number of nitrogens with two attached hydrogens (primary N) is 1. The summed E-state index contributed by atoms with van der Waals surface area (Å²) in [4.78, 5) is 14.5. The van der Waals surface area contributed by atoms with Crippen molar-refractivity contribution in [3.05, 3.63) is 0 Å². The van der Waals surface area contributed by atoms with E-state index in [-0.39, 0.29) is 24.5 Å². The standard InChI is InChI=1S/C15H30N2O2/c1-12(2)17(9-4-10-18)15(19)14-6-3-5-13(11-14)7-8-16/h12-14,18H,3-11,16H2,1-2H3. The highest BCUT2D eigenvalue weighted by Gasteiger charge is 2.30. The van der Waals surface area contributed by atoms with Crippen LogP contribution in [-0.4, -0.2) is 41.7 Å². The molecule has 0 bridgehead atoms. The van der Waals surface area contributed by atoms with Crippen LogP contribution >= 0.6 is 0 Å². The zero-order chi connectivity index (χ0) is 14.3. The Morgan fingerprint density at radius 3 is 2.74 bits per heavy atom. The number of carbonyl (C=O) groups excluding carboxylic acids is 1. The van der Waals surface area contributed by atoms with Crippen LogP contribution in [0.3, 0.4) is 0 Å². The summed E-state index contributed by atoms with van der Waals surface area (Å²) >= 11 is 0.